The van der Waals surface area contributed by atoms with E-state index in [1.165, 1.54) is 33.4 Å². The fourth-order valence-electron chi connectivity index (χ4n) is 5.25. The number of rotatable bonds is 10. The van der Waals surface area contributed by atoms with Gasteiger partial charge in [0.25, 0.3) is 0 Å². The zero-order chi connectivity index (χ0) is 27.7. The molecule has 0 aliphatic rings. The van der Waals surface area contributed by atoms with E-state index in [9.17, 15) is 0 Å². The van der Waals surface area contributed by atoms with Crippen LogP contribution in [0.15, 0.2) is 158 Å². The highest BCUT2D eigenvalue weighted by molar-refractivity contribution is 6.49. The molecule has 0 N–H and O–H groups in total. The van der Waals surface area contributed by atoms with Crippen LogP contribution >= 0.6 is 0 Å². The Labute approximate surface area is 247 Å². The summed E-state index contributed by atoms with van der Waals surface area (Å²) in [5.74, 6) is 1.93. The first kappa shape index (κ1) is 26.6. The summed E-state index contributed by atoms with van der Waals surface area (Å²) in [6.07, 6.45) is 0. The van der Waals surface area contributed by atoms with Gasteiger partial charge in [0.1, 0.15) is 11.5 Å². The summed E-state index contributed by atoms with van der Waals surface area (Å²) in [6.45, 7) is 0. The molecule has 4 heteroatoms. The van der Waals surface area contributed by atoms with Gasteiger partial charge in [-0.2, -0.15) is 0 Å². The van der Waals surface area contributed by atoms with E-state index in [1.807, 2.05) is 0 Å². The van der Waals surface area contributed by atoms with E-state index in [4.69, 9.17) is 8.85 Å². The standard InChI is InChI=1S/C37H32O2Si2/c1-5-15-28(16-6-1)32-23-13-25-34(36(32)30-19-9-3-10-20-30)38-40-27-41-39-35-26-14-24-33(29-17-7-2-8-18-29)37(35)31-21-11-4-12-22-31/h1-26H,27,40-41H2. The van der Waals surface area contributed by atoms with Gasteiger partial charge in [-0.15, -0.1) is 0 Å². The van der Waals surface area contributed by atoms with Gasteiger partial charge in [-0.3, -0.25) is 0 Å². The van der Waals surface area contributed by atoms with Crippen LogP contribution < -0.4 is 8.85 Å². The molecule has 6 aromatic rings. The third kappa shape index (κ3) is 6.25. The lowest BCUT2D eigenvalue weighted by Crippen LogP contribution is -2.12. The SMILES string of the molecule is c1ccc(-c2cccc(O[SiH2]C[SiH2]Oc3cccc(-c4ccccc4)c3-c3ccccc3)c2-c2ccccc2)cc1. The van der Waals surface area contributed by atoms with Gasteiger partial charge in [0.05, 0.1) is 0 Å². The quantitative estimate of drug-likeness (QED) is 0.123. The van der Waals surface area contributed by atoms with Crippen molar-refractivity contribution in [2.24, 2.45) is 0 Å². The molecule has 41 heavy (non-hydrogen) atoms. The predicted molar refractivity (Wildman–Crippen MR) is 178 cm³/mol. The van der Waals surface area contributed by atoms with Crippen LogP contribution in [0.3, 0.4) is 0 Å². The van der Waals surface area contributed by atoms with Gasteiger partial charge in [0, 0.05) is 11.1 Å². The van der Waals surface area contributed by atoms with Gasteiger partial charge < -0.3 is 8.85 Å². The topological polar surface area (TPSA) is 18.5 Å². The maximum atomic E-state index is 6.59. The molecule has 200 valence electrons. The largest absolute Gasteiger partial charge is 0.549 e. The Kier molecular flexibility index (Phi) is 8.51. The molecule has 2 nitrogen and oxygen atoms in total. The minimum Gasteiger partial charge on any atom is -0.549 e. The van der Waals surface area contributed by atoms with Crippen LogP contribution in [0.5, 0.6) is 11.5 Å². The minimum absolute atomic E-state index is 0.824. The molecule has 0 heterocycles. The van der Waals surface area contributed by atoms with E-state index < -0.39 is 19.5 Å². The molecule has 6 aromatic carbocycles. The Bertz CT molecular complexity index is 1560. The lowest BCUT2D eigenvalue weighted by Gasteiger charge is -2.18. The van der Waals surface area contributed by atoms with Crippen molar-refractivity contribution in [1.82, 2.24) is 0 Å². The van der Waals surface area contributed by atoms with Crippen LogP contribution in [0.25, 0.3) is 44.5 Å². The molecule has 0 fully saturated rings. The molecule has 6 rings (SSSR count). The van der Waals surface area contributed by atoms with Crippen molar-refractivity contribution in [2.45, 2.75) is 5.67 Å². The molecule has 0 spiro atoms. The predicted octanol–water partition coefficient (Wildman–Crippen LogP) is 8.36. The molecule has 0 radical (unpaired) electrons. The molecule has 0 aromatic heterocycles. The van der Waals surface area contributed by atoms with Gasteiger partial charge in [0.2, 0.25) is 19.5 Å². The summed E-state index contributed by atoms with van der Waals surface area (Å²) >= 11 is 0. The second kappa shape index (κ2) is 13.1. The summed E-state index contributed by atoms with van der Waals surface area (Å²) < 4.78 is 13.2. The van der Waals surface area contributed by atoms with Crippen molar-refractivity contribution < 1.29 is 8.85 Å². The maximum absolute atomic E-state index is 6.59. The van der Waals surface area contributed by atoms with Crippen molar-refractivity contribution in [3.8, 4) is 56.0 Å². The van der Waals surface area contributed by atoms with Gasteiger partial charge in [0.15, 0.2) is 0 Å². The van der Waals surface area contributed by atoms with Crippen molar-refractivity contribution in [3.63, 3.8) is 0 Å². The van der Waals surface area contributed by atoms with Crippen LogP contribution in [0.1, 0.15) is 0 Å². The fraction of sp³-hybridized carbons (Fsp3) is 0.0270. The summed E-state index contributed by atoms with van der Waals surface area (Å²) in [5, 5.41) is 0. The Morgan fingerprint density at radius 1 is 0.341 bits per heavy atom. The highest BCUT2D eigenvalue weighted by atomic mass is 28.3. The maximum Gasteiger partial charge on any atom is 0.219 e. The van der Waals surface area contributed by atoms with E-state index in [2.05, 4.69) is 158 Å². The molecule has 0 amide bonds. The summed E-state index contributed by atoms with van der Waals surface area (Å²) in [5.41, 5.74) is 10.5. The summed E-state index contributed by atoms with van der Waals surface area (Å²) in [6, 6.07) is 55.1. The molecule has 0 bridgehead atoms. The first-order chi connectivity index (χ1) is 20.4. The van der Waals surface area contributed by atoms with E-state index in [-0.39, 0.29) is 0 Å². The fourth-order valence-corrected chi connectivity index (χ4v) is 7.79. The zero-order valence-electron chi connectivity index (χ0n) is 22.9. The Balaban J connectivity index is 1.21. The van der Waals surface area contributed by atoms with Crippen LogP contribution in [0.4, 0.5) is 0 Å². The molecule has 0 atom stereocenters. The molecule has 0 unspecified atom stereocenters. The first-order valence-electron chi connectivity index (χ1n) is 14.1. The van der Waals surface area contributed by atoms with Crippen molar-refractivity contribution >= 4 is 19.5 Å². The average molecular weight is 565 g/mol. The van der Waals surface area contributed by atoms with Crippen molar-refractivity contribution in [3.05, 3.63) is 158 Å². The molecule has 0 aliphatic heterocycles. The van der Waals surface area contributed by atoms with Crippen molar-refractivity contribution in [2.75, 3.05) is 0 Å². The number of hydrogen-bond acceptors (Lipinski definition) is 2. The Morgan fingerprint density at radius 2 is 0.683 bits per heavy atom. The van der Waals surface area contributed by atoms with Gasteiger partial charge in [-0.05, 0) is 51.2 Å². The van der Waals surface area contributed by atoms with E-state index in [1.54, 1.807) is 0 Å². The normalized spacial score (nSPS) is 11.3. The smallest absolute Gasteiger partial charge is 0.219 e. The second-order valence-electron chi connectivity index (χ2n) is 9.87. The summed E-state index contributed by atoms with van der Waals surface area (Å²) in [7, 11) is -1.65. The second-order valence-corrected chi connectivity index (χ2v) is 14.1. The zero-order valence-corrected chi connectivity index (χ0v) is 25.8. The van der Waals surface area contributed by atoms with Crippen LogP contribution in [-0.2, 0) is 0 Å². The minimum atomic E-state index is -0.824. The van der Waals surface area contributed by atoms with Gasteiger partial charge in [-0.25, -0.2) is 0 Å². The molecular formula is C37H32O2Si2. The van der Waals surface area contributed by atoms with Crippen LogP contribution in [0.2, 0.25) is 5.67 Å². The lowest BCUT2D eigenvalue weighted by atomic mass is 9.94. The third-order valence-corrected chi connectivity index (χ3v) is 10.5. The first-order valence-corrected chi connectivity index (χ1v) is 17.3. The van der Waals surface area contributed by atoms with E-state index in [0.717, 1.165) is 28.3 Å². The Hall–Kier alpha value is -4.65. The van der Waals surface area contributed by atoms with E-state index >= 15 is 0 Å². The lowest BCUT2D eigenvalue weighted by molar-refractivity contribution is 0.583. The monoisotopic (exact) mass is 564 g/mol. The van der Waals surface area contributed by atoms with Gasteiger partial charge in [-0.1, -0.05) is 146 Å². The molecule has 0 aliphatic carbocycles. The highest BCUT2D eigenvalue weighted by Crippen LogP contribution is 2.40. The number of hydrogen-bond donors (Lipinski definition) is 0. The molecule has 0 saturated carbocycles. The molecule has 0 saturated heterocycles. The van der Waals surface area contributed by atoms with Crippen molar-refractivity contribution in [1.29, 1.82) is 0 Å². The van der Waals surface area contributed by atoms with Crippen LogP contribution in [0, 0.1) is 0 Å². The van der Waals surface area contributed by atoms with Gasteiger partial charge >= 0.3 is 0 Å². The third-order valence-electron chi connectivity index (χ3n) is 7.15. The molecular weight excluding hydrogens is 533 g/mol. The van der Waals surface area contributed by atoms with E-state index in [0.29, 0.717) is 0 Å². The highest BCUT2D eigenvalue weighted by Gasteiger charge is 2.15. The van der Waals surface area contributed by atoms with Crippen LogP contribution in [-0.4, -0.2) is 19.5 Å². The number of benzene rings is 6. The Morgan fingerprint density at radius 3 is 1.05 bits per heavy atom. The summed E-state index contributed by atoms with van der Waals surface area (Å²) in [4.78, 5) is 0. The average Bonchev–Trinajstić information content (AvgIpc) is 3.06.